The van der Waals surface area contributed by atoms with Crippen LogP contribution in [-0.2, 0) is 10.5 Å². The van der Waals surface area contributed by atoms with Gasteiger partial charge < -0.3 is 14.3 Å². The molecule has 0 fully saturated rings. The maximum Gasteiger partial charge on any atom is 0.341 e. The van der Waals surface area contributed by atoms with Gasteiger partial charge >= 0.3 is 11.9 Å². The van der Waals surface area contributed by atoms with Crippen LogP contribution in [0.3, 0.4) is 0 Å². The quantitative estimate of drug-likeness (QED) is 0.674. The van der Waals surface area contributed by atoms with Crippen molar-refractivity contribution >= 4 is 23.7 Å². The van der Waals surface area contributed by atoms with E-state index in [1.165, 1.54) is 25.1 Å². The summed E-state index contributed by atoms with van der Waals surface area (Å²) in [6, 6.07) is 6.77. The molecule has 1 N–H and O–H groups in total. The summed E-state index contributed by atoms with van der Waals surface area (Å²) in [7, 11) is 1.31. The van der Waals surface area contributed by atoms with Crippen LogP contribution in [0.25, 0.3) is 0 Å². The predicted molar refractivity (Wildman–Crippen MR) is 77.7 cm³/mol. The number of aromatic carboxylic acids is 1. The highest BCUT2D eigenvalue weighted by Crippen LogP contribution is 2.27. The normalized spacial score (nSPS) is 10.4. The Balaban J connectivity index is 2.14. The molecule has 0 saturated heterocycles. The molecule has 0 radical (unpaired) electrons. The molecule has 21 heavy (non-hydrogen) atoms. The number of thioether (sulfide) groups is 1. The Morgan fingerprint density at radius 3 is 2.71 bits per heavy atom. The van der Waals surface area contributed by atoms with Gasteiger partial charge in [-0.3, -0.25) is 0 Å². The number of benzene rings is 1. The van der Waals surface area contributed by atoms with Crippen LogP contribution < -0.4 is 0 Å². The van der Waals surface area contributed by atoms with Crippen LogP contribution in [0.15, 0.2) is 39.8 Å². The molecular weight excluding hydrogens is 292 g/mol. The van der Waals surface area contributed by atoms with E-state index >= 15 is 0 Å². The lowest BCUT2D eigenvalue weighted by molar-refractivity contribution is 0.0597. The highest BCUT2D eigenvalue weighted by atomic mass is 32.2. The number of carbonyl (C=O) groups excluding carboxylic acids is 1. The van der Waals surface area contributed by atoms with E-state index in [0.29, 0.717) is 22.6 Å². The van der Waals surface area contributed by atoms with E-state index in [4.69, 9.17) is 9.52 Å². The van der Waals surface area contributed by atoms with Crippen molar-refractivity contribution in [3.8, 4) is 0 Å². The Morgan fingerprint density at radius 1 is 1.29 bits per heavy atom. The molecular formula is C15H14O5S. The number of furan rings is 1. The first kappa shape index (κ1) is 15.2. The summed E-state index contributed by atoms with van der Waals surface area (Å²) in [6.45, 7) is 1.75. The van der Waals surface area contributed by atoms with Gasteiger partial charge in [0.1, 0.15) is 11.3 Å². The lowest BCUT2D eigenvalue weighted by Crippen LogP contribution is -2.02. The van der Waals surface area contributed by atoms with Gasteiger partial charge in [-0.05, 0) is 30.7 Å². The van der Waals surface area contributed by atoms with Gasteiger partial charge in [0.05, 0.1) is 24.7 Å². The Morgan fingerprint density at radius 2 is 2.05 bits per heavy atom. The van der Waals surface area contributed by atoms with Gasteiger partial charge in [-0.2, -0.15) is 0 Å². The number of carbonyl (C=O) groups is 2. The topological polar surface area (TPSA) is 76.7 Å². The second kappa shape index (κ2) is 6.49. The largest absolute Gasteiger partial charge is 0.478 e. The van der Waals surface area contributed by atoms with Crippen LogP contribution in [0.4, 0.5) is 0 Å². The minimum atomic E-state index is -0.955. The van der Waals surface area contributed by atoms with Crippen molar-refractivity contribution in [2.45, 2.75) is 17.6 Å². The fourth-order valence-corrected chi connectivity index (χ4v) is 2.70. The molecule has 0 spiro atoms. The minimum absolute atomic E-state index is 0.271. The van der Waals surface area contributed by atoms with Gasteiger partial charge in [-0.15, -0.1) is 11.8 Å². The molecule has 0 saturated carbocycles. The number of hydrogen-bond donors (Lipinski definition) is 1. The van der Waals surface area contributed by atoms with Gasteiger partial charge in [0, 0.05) is 4.90 Å². The molecule has 5 nitrogen and oxygen atoms in total. The van der Waals surface area contributed by atoms with Gasteiger partial charge in [0.25, 0.3) is 0 Å². The molecule has 0 aliphatic rings. The van der Waals surface area contributed by atoms with Crippen molar-refractivity contribution in [1.29, 1.82) is 0 Å². The molecule has 110 valence electrons. The smallest absolute Gasteiger partial charge is 0.341 e. The Kier molecular flexibility index (Phi) is 4.70. The van der Waals surface area contributed by atoms with Crippen LogP contribution >= 0.6 is 11.8 Å². The van der Waals surface area contributed by atoms with Crippen molar-refractivity contribution < 1.29 is 23.8 Å². The molecule has 0 amide bonds. The van der Waals surface area contributed by atoms with Crippen molar-refractivity contribution in [2.75, 3.05) is 7.11 Å². The first-order chi connectivity index (χ1) is 10.0. The summed E-state index contributed by atoms with van der Waals surface area (Å²) in [4.78, 5) is 23.4. The van der Waals surface area contributed by atoms with E-state index < -0.39 is 11.9 Å². The second-order valence-electron chi connectivity index (χ2n) is 4.32. The fraction of sp³-hybridized carbons (Fsp3) is 0.200. The zero-order valence-corrected chi connectivity index (χ0v) is 12.4. The molecule has 1 heterocycles. The SMILES string of the molecule is COC(=O)c1ccoc1CSc1ccc(C)c(C(=O)O)c1. The fourth-order valence-electron chi connectivity index (χ4n) is 1.81. The van der Waals surface area contributed by atoms with Gasteiger partial charge in [0.15, 0.2) is 0 Å². The number of methoxy groups -OCH3 is 1. The molecule has 0 aliphatic carbocycles. The van der Waals surface area contributed by atoms with E-state index in [0.717, 1.165) is 4.90 Å². The molecule has 0 unspecified atom stereocenters. The summed E-state index contributed by atoms with van der Waals surface area (Å²) < 4.78 is 9.94. The molecule has 2 rings (SSSR count). The average molecular weight is 306 g/mol. The Bertz CT molecular complexity index is 674. The zero-order valence-electron chi connectivity index (χ0n) is 11.6. The Labute approximate surface area is 125 Å². The van der Waals surface area contributed by atoms with Crippen LogP contribution in [0, 0.1) is 6.92 Å². The maximum absolute atomic E-state index is 11.5. The van der Waals surface area contributed by atoms with Crippen molar-refractivity contribution in [1.82, 2.24) is 0 Å². The summed E-state index contributed by atoms with van der Waals surface area (Å²) >= 11 is 1.40. The van der Waals surface area contributed by atoms with Crippen molar-refractivity contribution in [3.63, 3.8) is 0 Å². The first-order valence-electron chi connectivity index (χ1n) is 6.14. The predicted octanol–water partition coefficient (Wildman–Crippen LogP) is 3.37. The van der Waals surface area contributed by atoms with E-state index in [1.54, 1.807) is 25.1 Å². The zero-order chi connectivity index (χ0) is 15.4. The molecule has 0 bridgehead atoms. The summed E-state index contributed by atoms with van der Waals surface area (Å²) in [5.74, 6) is -0.485. The van der Waals surface area contributed by atoms with E-state index in [-0.39, 0.29) is 5.56 Å². The number of rotatable bonds is 5. The third kappa shape index (κ3) is 3.46. The van der Waals surface area contributed by atoms with E-state index in [9.17, 15) is 9.59 Å². The molecule has 0 atom stereocenters. The van der Waals surface area contributed by atoms with Crippen LogP contribution in [0.5, 0.6) is 0 Å². The number of esters is 1. The summed E-state index contributed by atoms with van der Waals surface area (Å²) in [5, 5.41) is 9.10. The number of ether oxygens (including phenoxy) is 1. The lowest BCUT2D eigenvalue weighted by Gasteiger charge is -2.05. The monoisotopic (exact) mass is 306 g/mol. The van der Waals surface area contributed by atoms with Crippen LogP contribution in [0.1, 0.15) is 32.0 Å². The van der Waals surface area contributed by atoms with Gasteiger partial charge in [0.2, 0.25) is 0 Å². The summed E-state index contributed by atoms with van der Waals surface area (Å²) in [6.07, 6.45) is 1.43. The number of carboxylic acids is 1. The highest BCUT2D eigenvalue weighted by Gasteiger charge is 2.15. The van der Waals surface area contributed by atoms with Crippen LogP contribution in [-0.4, -0.2) is 24.2 Å². The first-order valence-corrected chi connectivity index (χ1v) is 7.13. The van der Waals surface area contributed by atoms with E-state index in [2.05, 4.69) is 4.74 Å². The number of hydrogen-bond acceptors (Lipinski definition) is 5. The van der Waals surface area contributed by atoms with Gasteiger partial charge in [-0.1, -0.05) is 6.07 Å². The van der Waals surface area contributed by atoms with Gasteiger partial charge in [-0.25, -0.2) is 9.59 Å². The third-order valence-electron chi connectivity index (χ3n) is 2.96. The Hall–Kier alpha value is -2.21. The molecule has 1 aromatic carbocycles. The maximum atomic E-state index is 11.5. The summed E-state index contributed by atoms with van der Waals surface area (Å²) in [5.41, 5.74) is 1.36. The van der Waals surface area contributed by atoms with E-state index in [1.807, 2.05) is 6.07 Å². The van der Waals surface area contributed by atoms with Crippen molar-refractivity contribution in [2.24, 2.45) is 0 Å². The second-order valence-corrected chi connectivity index (χ2v) is 5.37. The molecule has 1 aromatic heterocycles. The molecule has 2 aromatic rings. The minimum Gasteiger partial charge on any atom is -0.478 e. The van der Waals surface area contributed by atoms with Crippen LogP contribution in [0.2, 0.25) is 0 Å². The highest BCUT2D eigenvalue weighted by molar-refractivity contribution is 7.98. The van der Waals surface area contributed by atoms with Crippen molar-refractivity contribution in [3.05, 3.63) is 53.0 Å². The number of aryl methyl sites for hydroxylation is 1. The third-order valence-corrected chi connectivity index (χ3v) is 3.95. The standard InChI is InChI=1S/C15H14O5S/c1-9-3-4-10(7-12(9)14(16)17)21-8-13-11(5-6-20-13)15(18)19-2/h3-7H,8H2,1-2H3,(H,16,17). The number of carboxylic acid groups (broad SMARTS) is 1. The molecule has 0 aliphatic heterocycles. The molecule has 6 heteroatoms. The lowest BCUT2D eigenvalue weighted by atomic mass is 10.1. The average Bonchev–Trinajstić information content (AvgIpc) is 2.93.